The molecular formula is C15H28N2O4. The number of ether oxygens (including phenoxy) is 1. The first-order valence-electron chi connectivity index (χ1n) is 7.73. The van der Waals surface area contributed by atoms with Gasteiger partial charge in [0.15, 0.2) is 0 Å². The smallest absolute Gasteiger partial charge is 0.329 e. The zero-order chi connectivity index (χ0) is 15.9. The van der Waals surface area contributed by atoms with Crippen LogP contribution in [0.4, 0.5) is 0 Å². The Morgan fingerprint density at radius 1 is 1.29 bits per heavy atom. The standard InChI is InChI=1S/C15H28N2O4/c1-11(2)12(5-8-16)3-4-13(18)17-15(14(19)20)6-9-21-10-7-15/h11-12H,3-10,16H2,1-2H3,(H,17,18)(H,19,20). The van der Waals surface area contributed by atoms with Crippen LogP contribution in [0.15, 0.2) is 0 Å². The highest BCUT2D eigenvalue weighted by Gasteiger charge is 2.41. The molecule has 1 atom stereocenters. The van der Waals surface area contributed by atoms with E-state index in [2.05, 4.69) is 19.2 Å². The Morgan fingerprint density at radius 3 is 2.38 bits per heavy atom. The van der Waals surface area contributed by atoms with Crippen LogP contribution < -0.4 is 11.1 Å². The molecule has 1 heterocycles. The highest BCUT2D eigenvalue weighted by atomic mass is 16.5. The lowest BCUT2D eigenvalue weighted by atomic mass is 9.87. The molecule has 0 bridgehead atoms. The van der Waals surface area contributed by atoms with Gasteiger partial charge in [0.25, 0.3) is 0 Å². The van der Waals surface area contributed by atoms with Gasteiger partial charge in [0.1, 0.15) is 5.54 Å². The maximum absolute atomic E-state index is 12.1. The summed E-state index contributed by atoms with van der Waals surface area (Å²) in [5.41, 5.74) is 4.44. The van der Waals surface area contributed by atoms with Gasteiger partial charge in [-0.25, -0.2) is 4.79 Å². The van der Waals surface area contributed by atoms with Gasteiger partial charge in [-0.3, -0.25) is 4.79 Å². The van der Waals surface area contributed by atoms with Crippen molar-refractivity contribution >= 4 is 11.9 Å². The molecule has 6 nitrogen and oxygen atoms in total. The predicted octanol–water partition coefficient (Wildman–Crippen LogP) is 1.14. The number of amides is 1. The number of hydrogen-bond donors (Lipinski definition) is 3. The number of carbonyl (C=O) groups is 2. The molecule has 1 unspecified atom stereocenters. The highest BCUT2D eigenvalue weighted by Crippen LogP contribution is 2.23. The molecule has 21 heavy (non-hydrogen) atoms. The summed E-state index contributed by atoms with van der Waals surface area (Å²) >= 11 is 0. The molecule has 1 aliphatic rings. The average Bonchev–Trinajstić information content (AvgIpc) is 2.44. The molecule has 0 radical (unpaired) electrons. The number of aliphatic carboxylic acids is 1. The van der Waals surface area contributed by atoms with Gasteiger partial charge < -0.3 is 20.9 Å². The molecule has 1 saturated heterocycles. The van der Waals surface area contributed by atoms with Crippen molar-refractivity contribution in [2.45, 2.75) is 51.5 Å². The fourth-order valence-electron chi connectivity index (χ4n) is 2.78. The van der Waals surface area contributed by atoms with Crippen LogP contribution >= 0.6 is 0 Å². The summed E-state index contributed by atoms with van der Waals surface area (Å²) in [6.45, 7) is 5.59. The molecule has 0 aromatic heterocycles. The van der Waals surface area contributed by atoms with Crippen LogP contribution in [0.25, 0.3) is 0 Å². The number of nitrogens with one attached hydrogen (secondary N) is 1. The van der Waals surface area contributed by atoms with Crippen LogP contribution in [-0.4, -0.2) is 42.3 Å². The first-order valence-corrected chi connectivity index (χ1v) is 7.73. The molecule has 1 aliphatic heterocycles. The molecule has 4 N–H and O–H groups in total. The largest absolute Gasteiger partial charge is 0.480 e. The van der Waals surface area contributed by atoms with Crippen LogP contribution in [0.5, 0.6) is 0 Å². The molecule has 0 aromatic rings. The number of nitrogens with two attached hydrogens (primary N) is 1. The van der Waals surface area contributed by atoms with Gasteiger partial charge in [-0.15, -0.1) is 0 Å². The molecular weight excluding hydrogens is 272 g/mol. The highest BCUT2D eigenvalue weighted by molar-refractivity contribution is 5.87. The molecule has 122 valence electrons. The van der Waals surface area contributed by atoms with E-state index in [1.54, 1.807) is 0 Å². The van der Waals surface area contributed by atoms with Crippen molar-refractivity contribution in [2.75, 3.05) is 19.8 Å². The molecule has 0 aliphatic carbocycles. The maximum Gasteiger partial charge on any atom is 0.329 e. The first-order chi connectivity index (χ1) is 9.91. The van der Waals surface area contributed by atoms with E-state index in [9.17, 15) is 14.7 Å². The Morgan fingerprint density at radius 2 is 1.90 bits per heavy atom. The summed E-state index contributed by atoms with van der Waals surface area (Å²) in [6.07, 6.45) is 2.63. The Bertz CT molecular complexity index is 352. The normalized spacial score (nSPS) is 19.2. The molecule has 1 fully saturated rings. The van der Waals surface area contributed by atoms with Crippen molar-refractivity contribution in [1.29, 1.82) is 0 Å². The number of hydrogen-bond acceptors (Lipinski definition) is 4. The van der Waals surface area contributed by atoms with Gasteiger partial charge in [0.05, 0.1) is 0 Å². The summed E-state index contributed by atoms with van der Waals surface area (Å²) in [5, 5.41) is 12.1. The molecule has 1 amide bonds. The van der Waals surface area contributed by atoms with E-state index < -0.39 is 11.5 Å². The van der Waals surface area contributed by atoms with Gasteiger partial charge in [-0.1, -0.05) is 13.8 Å². The number of carbonyl (C=O) groups excluding carboxylic acids is 1. The number of rotatable bonds is 8. The van der Waals surface area contributed by atoms with Crippen molar-refractivity contribution < 1.29 is 19.4 Å². The molecule has 1 rings (SSSR count). The Balaban J connectivity index is 2.52. The van der Waals surface area contributed by atoms with Crippen molar-refractivity contribution in [2.24, 2.45) is 17.6 Å². The Labute approximate surface area is 126 Å². The summed E-state index contributed by atoms with van der Waals surface area (Å²) in [7, 11) is 0. The van der Waals surface area contributed by atoms with Crippen LogP contribution in [-0.2, 0) is 14.3 Å². The minimum Gasteiger partial charge on any atom is -0.480 e. The number of carboxylic acid groups (broad SMARTS) is 1. The van der Waals surface area contributed by atoms with E-state index in [1.165, 1.54) is 0 Å². The second kappa shape index (κ2) is 8.34. The van der Waals surface area contributed by atoms with E-state index >= 15 is 0 Å². The topological polar surface area (TPSA) is 102 Å². The second-order valence-electron chi connectivity index (χ2n) is 6.17. The first kappa shape index (κ1) is 17.9. The molecule has 6 heteroatoms. The monoisotopic (exact) mass is 300 g/mol. The predicted molar refractivity (Wildman–Crippen MR) is 79.8 cm³/mol. The van der Waals surface area contributed by atoms with E-state index in [0.29, 0.717) is 50.9 Å². The third kappa shape index (κ3) is 5.28. The van der Waals surface area contributed by atoms with Crippen molar-refractivity contribution in [3.8, 4) is 0 Å². The van der Waals surface area contributed by atoms with Gasteiger partial charge in [-0.2, -0.15) is 0 Å². The molecule has 0 spiro atoms. The minimum atomic E-state index is -1.16. The van der Waals surface area contributed by atoms with Crippen LogP contribution in [0.2, 0.25) is 0 Å². The number of carboxylic acids is 1. The summed E-state index contributed by atoms with van der Waals surface area (Å²) < 4.78 is 5.19. The third-order valence-electron chi connectivity index (χ3n) is 4.36. The van der Waals surface area contributed by atoms with Crippen molar-refractivity contribution in [3.63, 3.8) is 0 Å². The van der Waals surface area contributed by atoms with E-state index in [1.807, 2.05) is 0 Å². The van der Waals surface area contributed by atoms with Gasteiger partial charge >= 0.3 is 5.97 Å². The molecule has 0 aromatic carbocycles. The van der Waals surface area contributed by atoms with E-state index in [0.717, 1.165) is 12.8 Å². The van der Waals surface area contributed by atoms with Crippen LogP contribution in [0, 0.1) is 11.8 Å². The van der Waals surface area contributed by atoms with Crippen molar-refractivity contribution in [3.05, 3.63) is 0 Å². The van der Waals surface area contributed by atoms with Crippen LogP contribution in [0.3, 0.4) is 0 Å². The maximum atomic E-state index is 12.1. The summed E-state index contributed by atoms with van der Waals surface area (Å²) in [5.74, 6) is -0.294. The zero-order valence-electron chi connectivity index (χ0n) is 13.1. The molecule has 0 saturated carbocycles. The van der Waals surface area contributed by atoms with Gasteiger partial charge in [-0.05, 0) is 31.2 Å². The lowest BCUT2D eigenvalue weighted by molar-refractivity contribution is -0.152. The third-order valence-corrected chi connectivity index (χ3v) is 4.36. The fraction of sp³-hybridized carbons (Fsp3) is 0.867. The second-order valence-corrected chi connectivity index (χ2v) is 6.17. The lowest BCUT2D eigenvalue weighted by Gasteiger charge is -2.34. The lowest BCUT2D eigenvalue weighted by Crippen LogP contribution is -2.57. The summed E-state index contributed by atoms with van der Waals surface area (Å²) in [6, 6.07) is 0. The minimum absolute atomic E-state index is 0.193. The van der Waals surface area contributed by atoms with E-state index in [4.69, 9.17) is 10.5 Å². The quantitative estimate of drug-likeness (QED) is 0.624. The van der Waals surface area contributed by atoms with Gasteiger partial charge in [0.2, 0.25) is 5.91 Å². The van der Waals surface area contributed by atoms with Crippen molar-refractivity contribution in [1.82, 2.24) is 5.32 Å². The Kier molecular flexibility index (Phi) is 7.11. The summed E-state index contributed by atoms with van der Waals surface area (Å²) in [4.78, 5) is 23.6. The van der Waals surface area contributed by atoms with E-state index in [-0.39, 0.29) is 5.91 Å². The zero-order valence-corrected chi connectivity index (χ0v) is 13.1. The Hall–Kier alpha value is -1.14. The van der Waals surface area contributed by atoms with Crippen LogP contribution in [0.1, 0.15) is 46.0 Å². The van der Waals surface area contributed by atoms with Gasteiger partial charge in [0, 0.05) is 32.5 Å². The average molecular weight is 300 g/mol. The fourth-order valence-corrected chi connectivity index (χ4v) is 2.78. The SMILES string of the molecule is CC(C)C(CCN)CCC(=O)NC1(C(=O)O)CCOCC1.